The summed E-state index contributed by atoms with van der Waals surface area (Å²) in [7, 11) is 1.65. The van der Waals surface area contributed by atoms with Crippen molar-refractivity contribution in [3.8, 4) is 45.3 Å². The van der Waals surface area contributed by atoms with Crippen molar-refractivity contribution in [3.63, 3.8) is 0 Å². The lowest BCUT2D eigenvalue weighted by Gasteiger charge is -2.30. The maximum Gasteiger partial charge on any atom is 0.319 e. The lowest BCUT2D eigenvalue weighted by molar-refractivity contribution is -0.142. The standard InChI is InChI=1S/C60H65FN12O5/c1-33(2)55(59(75)71-22-8-10-51(71)58(74)65-36(5)38-15-17-39(18-16-38)42-9-7-21-62-26-42)73-30-50(69-70-73)41-13-11-37(12-14-41)32-77-56-53(52-35(4)48(61)25-49-47(52)28-64-68-49)45(40-19-20-40)24-46-54(56)66-60(78-31-34(3)76-6)67-57(46)72-29-43-23-44(72)27-63-43/h7,9,11-18,21,24-26,28,30,33-34,36,40,43-44,51,55,63H,8,10,19-20,22-23,27,29,31-32H2,1-6H3,(H,64,68)(H,65,74)/t34-,36-,43-,44-,51-,55-/m0/s1. The predicted octanol–water partition coefficient (Wildman–Crippen LogP) is 9.43. The molecule has 0 spiro atoms. The molecule has 1 aliphatic carbocycles. The number of benzene rings is 4. The fourth-order valence-corrected chi connectivity index (χ4v) is 11.7. The monoisotopic (exact) mass is 1050 g/mol. The number of rotatable bonds is 18. The first-order chi connectivity index (χ1) is 37.9. The van der Waals surface area contributed by atoms with Crippen LogP contribution >= 0.6 is 0 Å². The highest BCUT2D eigenvalue weighted by Crippen LogP contribution is 2.53. The minimum absolute atomic E-state index is 0.145. The van der Waals surface area contributed by atoms with Crippen molar-refractivity contribution in [2.24, 2.45) is 5.92 Å². The minimum Gasteiger partial charge on any atom is -0.486 e. The fraction of sp³-hybridized carbons (Fsp3) is 0.400. The van der Waals surface area contributed by atoms with Gasteiger partial charge in [0, 0.05) is 78.7 Å². The molecule has 2 amide bonds. The Kier molecular flexibility index (Phi) is 13.8. The van der Waals surface area contributed by atoms with Crippen molar-refractivity contribution >= 4 is 39.4 Å². The minimum atomic E-state index is -0.680. The van der Waals surface area contributed by atoms with Gasteiger partial charge in [0.15, 0.2) is 5.75 Å². The zero-order valence-electron chi connectivity index (χ0n) is 44.9. The molecule has 3 saturated heterocycles. The van der Waals surface area contributed by atoms with Gasteiger partial charge in [0.25, 0.3) is 0 Å². The molecule has 4 aromatic heterocycles. The third kappa shape index (κ3) is 9.80. The first-order valence-corrected chi connectivity index (χ1v) is 27.3. The van der Waals surface area contributed by atoms with Crippen LogP contribution < -0.4 is 25.0 Å². The summed E-state index contributed by atoms with van der Waals surface area (Å²) in [5, 5.41) is 24.9. The van der Waals surface area contributed by atoms with Crippen LogP contribution in [0.1, 0.15) is 100 Å². The second-order valence-corrected chi connectivity index (χ2v) is 21.9. The molecule has 2 bridgehead atoms. The van der Waals surface area contributed by atoms with Crippen LogP contribution in [0.2, 0.25) is 0 Å². The number of amides is 2. The van der Waals surface area contributed by atoms with Crippen molar-refractivity contribution in [1.82, 2.24) is 55.7 Å². The van der Waals surface area contributed by atoms with E-state index in [0.29, 0.717) is 52.6 Å². The number of fused-ring (bicyclic) bond motifs is 4. The van der Waals surface area contributed by atoms with E-state index in [0.717, 1.165) is 94.3 Å². The number of carbonyl (C=O) groups excluding carboxylic acids is 2. The van der Waals surface area contributed by atoms with Gasteiger partial charge in [0.1, 0.15) is 48.1 Å². The topological polar surface area (TPSA) is 190 Å². The highest BCUT2D eigenvalue weighted by atomic mass is 19.1. The van der Waals surface area contributed by atoms with Crippen LogP contribution in [0.25, 0.3) is 55.3 Å². The molecular formula is C60H65FN12O5. The van der Waals surface area contributed by atoms with E-state index in [2.05, 4.69) is 47.1 Å². The van der Waals surface area contributed by atoms with Gasteiger partial charge in [-0.2, -0.15) is 15.1 Å². The number of ether oxygens (including phenoxy) is 3. The lowest BCUT2D eigenvalue weighted by Crippen LogP contribution is -2.49. The molecule has 12 rings (SSSR count). The van der Waals surface area contributed by atoms with Gasteiger partial charge in [-0.3, -0.25) is 19.7 Å². The number of aromatic amines is 1. The van der Waals surface area contributed by atoms with Crippen LogP contribution in [0.4, 0.5) is 10.2 Å². The van der Waals surface area contributed by atoms with Crippen molar-refractivity contribution in [2.75, 3.05) is 38.3 Å². The van der Waals surface area contributed by atoms with Crippen LogP contribution in [-0.2, 0) is 20.9 Å². The molecule has 4 aromatic carbocycles. The third-order valence-corrected chi connectivity index (χ3v) is 16.2. The zero-order valence-corrected chi connectivity index (χ0v) is 44.9. The molecule has 18 heteroatoms. The van der Waals surface area contributed by atoms with Crippen molar-refractivity contribution in [1.29, 1.82) is 0 Å². The van der Waals surface area contributed by atoms with Crippen molar-refractivity contribution < 1.29 is 28.2 Å². The number of methoxy groups -OCH3 is 1. The van der Waals surface area contributed by atoms with Gasteiger partial charge in [-0.25, -0.2) is 9.07 Å². The molecule has 6 atom stereocenters. The largest absolute Gasteiger partial charge is 0.486 e. The molecule has 4 fully saturated rings. The maximum atomic E-state index is 16.1. The van der Waals surface area contributed by atoms with Gasteiger partial charge in [0.2, 0.25) is 11.8 Å². The Morgan fingerprint density at radius 2 is 1.72 bits per heavy atom. The average molecular weight is 1050 g/mol. The lowest BCUT2D eigenvalue weighted by atomic mass is 9.88. The van der Waals surface area contributed by atoms with Crippen LogP contribution in [-0.4, -0.2) is 114 Å². The Bertz CT molecular complexity index is 3510. The molecule has 7 heterocycles. The van der Waals surface area contributed by atoms with Crippen LogP contribution in [0.15, 0.2) is 97.6 Å². The number of carbonyl (C=O) groups is 2. The molecular weight excluding hydrogens is 988 g/mol. The predicted molar refractivity (Wildman–Crippen MR) is 295 cm³/mol. The summed E-state index contributed by atoms with van der Waals surface area (Å²) in [4.78, 5) is 47.0. The number of nitrogens with zero attached hydrogens (tertiary/aromatic N) is 9. The molecule has 3 N–H and O–H groups in total. The first kappa shape index (κ1) is 51.0. The van der Waals surface area contributed by atoms with Gasteiger partial charge in [-0.1, -0.05) is 73.7 Å². The van der Waals surface area contributed by atoms with E-state index in [-0.39, 0.29) is 66.9 Å². The molecule has 1 saturated carbocycles. The summed E-state index contributed by atoms with van der Waals surface area (Å²) in [5.74, 6) is 0.727. The van der Waals surface area contributed by atoms with Gasteiger partial charge in [-0.15, -0.1) is 5.10 Å². The number of piperazine rings is 1. The normalized spacial score (nSPS) is 19.3. The Hall–Kier alpha value is -7.83. The fourth-order valence-electron chi connectivity index (χ4n) is 11.7. The summed E-state index contributed by atoms with van der Waals surface area (Å²) in [5.41, 5.74) is 9.55. The third-order valence-electron chi connectivity index (χ3n) is 16.2. The summed E-state index contributed by atoms with van der Waals surface area (Å²) in [6.45, 7) is 12.2. The van der Waals surface area contributed by atoms with E-state index in [9.17, 15) is 9.59 Å². The SMILES string of the molecule is CO[C@@H](C)COc1nc(N2C[C@@H]3C[C@H]2CN3)c2cc(C3CC3)c(-c3c(C)c(F)cc4[nH]ncc34)c(OCc3ccc(-c4cn([C@H](C(=O)N5CCC[C@H]5C(=O)N[C@@H](C)c5ccc(-c6cccnc6)cc5)C(C)C)nn4)cc3)c2n1. The Labute approximate surface area is 452 Å². The molecule has 0 unspecified atom stereocenters. The van der Waals surface area contributed by atoms with E-state index >= 15 is 4.39 Å². The summed E-state index contributed by atoms with van der Waals surface area (Å²) in [6.07, 6.45) is 11.2. The average Bonchev–Trinajstić information content (AvgIpc) is 4.12. The van der Waals surface area contributed by atoms with E-state index in [4.69, 9.17) is 24.2 Å². The number of likely N-dealkylation sites (tertiary alicyclic amines) is 1. The smallest absolute Gasteiger partial charge is 0.319 e. The first-order valence-electron chi connectivity index (χ1n) is 27.3. The highest BCUT2D eigenvalue weighted by molar-refractivity contribution is 6.06. The maximum absolute atomic E-state index is 16.1. The second kappa shape index (κ2) is 21.2. The molecule has 0 radical (unpaired) electrons. The van der Waals surface area contributed by atoms with Gasteiger partial charge in [-0.05, 0) is 116 Å². The van der Waals surface area contributed by atoms with Crippen LogP contribution in [0, 0.1) is 18.7 Å². The number of hydrogen-bond donors (Lipinski definition) is 3. The van der Waals surface area contributed by atoms with E-state index in [1.165, 1.54) is 6.07 Å². The Morgan fingerprint density at radius 3 is 2.44 bits per heavy atom. The summed E-state index contributed by atoms with van der Waals surface area (Å²) in [6, 6.07) is 23.0. The van der Waals surface area contributed by atoms with Crippen LogP contribution in [0.3, 0.4) is 0 Å². The number of nitrogens with one attached hydrogen (secondary N) is 3. The van der Waals surface area contributed by atoms with Gasteiger partial charge in [0.05, 0.1) is 30.1 Å². The van der Waals surface area contributed by atoms with Gasteiger partial charge >= 0.3 is 6.01 Å². The van der Waals surface area contributed by atoms with Crippen molar-refractivity contribution in [2.45, 2.75) is 116 Å². The molecule has 8 aromatic rings. The molecule has 402 valence electrons. The van der Waals surface area contributed by atoms with E-state index in [1.54, 1.807) is 29.1 Å². The van der Waals surface area contributed by atoms with Crippen LogP contribution in [0.5, 0.6) is 11.8 Å². The Balaban J connectivity index is 0.818. The number of aromatic nitrogens is 8. The molecule has 17 nitrogen and oxygen atoms in total. The number of halogens is 1. The van der Waals surface area contributed by atoms with Gasteiger partial charge < -0.3 is 34.6 Å². The van der Waals surface area contributed by atoms with E-state index in [1.807, 2.05) is 108 Å². The summed E-state index contributed by atoms with van der Waals surface area (Å²) >= 11 is 0. The number of pyridine rings is 1. The van der Waals surface area contributed by atoms with Crippen molar-refractivity contribution in [3.05, 3.63) is 126 Å². The highest BCUT2D eigenvalue weighted by Gasteiger charge is 2.42. The molecule has 78 heavy (non-hydrogen) atoms. The Morgan fingerprint density at radius 1 is 0.910 bits per heavy atom. The number of H-pyrrole nitrogens is 1. The zero-order chi connectivity index (χ0) is 53.8. The molecule has 3 aliphatic heterocycles. The number of anilines is 1. The molecule has 4 aliphatic rings. The number of hydrogen-bond acceptors (Lipinski definition) is 13. The quantitative estimate of drug-likeness (QED) is 0.0738. The van der Waals surface area contributed by atoms with E-state index < -0.39 is 12.1 Å². The second-order valence-electron chi connectivity index (χ2n) is 21.9. The summed E-state index contributed by atoms with van der Waals surface area (Å²) < 4.78 is 36.7.